The molecule has 0 rings (SSSR count). The highest BCUT2D eigenvalue weighted by Gasteiger charge is 1.93. The molecule has 0 bridgehead atoms. The van der Waals surface area contributed by atoms with Gasteiger partial charge in [-0.15, -0.1) is 0 Å². The number of hydrogen-bond donors (Lipinski definition) is 2. The second kappa shape index (κ2) is 7.73. The summed E-state index contributed by atoms with van der Waals surface area (Å²) in [6.45, 7) is -0.0619. The van der Waals surface area contributed by atoms with Gasteiger partial charge in [-0.1, -0.05) is 11.8 Å². The number of carbonyl (C=O) groups excluding carboxylic acids is 2. The van der Waals surface area contributed by atoms with Crippen molar-refractivity contribution >= 4 is 12.2 Å². The van der Waals surface area contributed by atoms with E-state index in [1.807, 2.05) is 0 Å². The number of ether oxygens (including phenoxy) is 2. The van der Waals surface area contributed by atoms with Crippen LogP contribution in [0, 0.1) is 11.8 Å². The van der Waals surface area contributed by atoms with Crippen molar-refractivity contribution in [3.05, 3.63) is 0 Å². The molecule has 0 aromatic rings. The zero-order valence-corrected chi connectivity index (χ0v) is 8.05. The predicted octanol–water partition coefficient (Wildman–Crippen LogP) is -0.298. The van der Waals surface area contributed by atoms with Gasteiger partial charge in [0.05, 0.1) is 0 Å². The van der Waals surface area contributed by atoms with Crippen LogP contribution in [0.25, 0.3) is 0 Å². The molecule has 0 saturated heterocycles. The number of amides is 2. The minimum absolute atomic E-state index is 0.0310. The average molecular weight is 200 g/mol. The van der Waals surface area contributed by atoms with Gasteiger partial charge in [0.25, 0.3) is 0 Å². The van der Waals surface area contributed by atoms with Gasteiger partial charge in [0, 0.05) is 14.1 Å². The summed E-state index contributed by atoms with van der Waals surface area (Å²) < 4.78 is 9.09. The first-order chi connectivity index (χ1) is 6.70. The lowest BCUT2D eigenvalue weighted by Gasteiger charge is -1.97. The highest BCUT2D eigenvalue weighted by atomic mass is 16.6. The first-order valence-electron chi connectivity index (χ1n) is 3.85. The monoisotopic (exact) mass is 200 g/mol. The van der Waals surface area contributed by atoms with E-state index in [2.05, 4.69) is 31.9 Å². The van der Waals surface area contributed by atoms with Gasteiger partial charge in [-0.3, -0.25) is 0 Å². The first kappa shape index (κ1) is 12.1. The highest BCUT2D eigenvalue weighted by Crippen LogP contribution is 1.75. The standard InChI is InChI=1S/C8H12N2O4/c1-9-7(11)13-5-3-4-6-14-8(12)10-2/h5-6H2,1-2H3,(H,9,11)(H,10,12). The fraction of sp³-hybridized carbons (Fsp3) is 0.500. The quantitative estimate of drug-likeness (QED) is 0.600. The molecule has 0 saturated carbocycles. The van der Waals surface area contributed by atoms with Crippen molar-refractivity contribution in [2.45, 2.75) is 0 Å². The Morgan fingerprint density at radius 3 is 1.64 bits per heavy atom. The van der Waals surface area contributed by atoms with Crippen LogP contribution in [0.3, 0.4) is 0 Å². The van der Waals surface area contributed by atoms with Gasteiger partial charge in [-0.05, 0) is 0 Å². The van der Waals surface area contributed by atoms with Crippen molar-refractivity contribution in [1.29, 1.82) is 0 Å². The van der Waals surface area contributed by atoms with Crippen LogP contribution in [0.15, 0.2) is 0 Å². The van der Waals surface area contributed by atoms with Crippen molar-refractivity contribution in [3.63, 3.8) is 0 Å². The summed E-state index contributed by atoms with van der Waals surface area (Å²) in [6, 6.07) is 0. The van der Waals surface area contributed by atoms with Gasteiger partial charge < -0.3 is 20.1 Å². The van der Waals surface area contributed by atoms with Crippen molar-refractivity contribution in [2.75, 3.05) is 27.3 Å². The molecule has 6 nitrogen and oxygen atoms in total. The molecule has 2 amide bonds. The van der Waals surface area contributed by atoms with Gasteiger partial charge in [0.2, 0.25) is 0 Å². The fourth-order valence-electron chi connectivity index (χ4n) is 0.450. The molecule has 0 heterocycles. The molecular formula is C8H12N2O4. The molecule has 0 fully saturated rings. The van der Waals surface area contributed by atoms with Crippen molar-refractivity contribution in [3.8, 4) is 11.8 Å². The Hall–Kier alpha value is -1.90. The molecule has 0 aromatic carbocycles. The molecule has 0 aromatic heterocycles. The summed E-state index contributed by atoms with van der Waals surface area (Å²) in [7, 11) is 2.90. The maximum atomic E-state index is 10.5. The Bertz CT molecular complexity index is 230. The largest absolute Gasteiger partial charge is 0.436 e. The second-order valence-electron chi connectivity index (χ2n) is 2.01. The smallest absolute Gasteiger partial charge is 0.407 e. The van der Waals surface area contributed by atoms with Crippen molar-refractivity contribution in [2.24, 2.45) is 0 Å². The molecule has 0 unspecified atom stereocenters. The van der Waals surface area contributed by atoms with Crippen LogP contribution in [0.4, 0.5) is 9.59 Å². The Balaban J connectivity index is 3.45. The summed E-state index contributed by atoms with van der Waals surface area (Å²) >= 11 is 0. The van der Waals surface area contributed by atoms with Gasteiger partial charge in [-0.25, -0.2) is 9.59 Å². The molecule has 6 heteroatoms. The van der Waals surface area contributed by atoms with Crippen molar-refractivity contribution in [1.82, 2.24) is 10.6 Å². The zero-order chi connectivity index (χ0) is 10.8. The number of carbonyl (C=O) groups is 2. The Morgan fingerprint density at radius 2 is 1.36 bits per heavy atom. The van der Waals surface area contributed by atoms with E-state index in [-0.39, 0.29) is 13.2 Å². The van der Waals surface area contributed by atoms with Crippen LogP contribution >= 0.6 is 0 Å². The van der Waals surface area contributed by atoms with E-state index >= 15 is 0 Å². The molecule has 14 heavy (non-hydrogen) atoms. The van der Waals surface area contributed by atoms with E-state index < -0.39 is 12.2 Å². The number of rotatable bonds is 2. The van der Waals surface area contributed by atoms with Crippen LogP contribution in [0.5, 0.6) is 0 Å². The van der Waals surface area contributed by atoms with E-state index in [0.29, 0.717) is 0 Å². The Kier molecular flexibility index (Phi) is 6.68. The summed E-state index contributed by atoms with van der Waals surface area (Å²) in [5.74, 6) is 4.98. The molecule has 0 spiro atoms. The lowest BCUT2D eigenvalue weighted by atomic mass is 10.6. The topological polar surface area (TPSA) is 76.7 Å². The third kappa shape index (κ3) is 6.79. The molecule has 0 radical (unpaired) electrons. The van der Waals surface area contributed by atoms with E-state index in [9.17, 15) is 9.59 Å². The fourth-order valence-corrected chi connectivity index (χ4v) is 0.450. The lowest BCUT2D eigenvalue weighted by Crippen LogP contribution is -2.19. The SMILES string of the molecule is CNC(=O)OCC#CCOC(=O)NC. The minimum atomic E-state index is -0.550. The Labute approximate surface area is 81.9 Å². The molecule has 0 aliphatic carbocycles. The normalized spacial score (nSPS) is 7.86. The minimum Gasteiger partial charge on any atom is -0.436 e. The van der Waals surface area contributed by atoms with E-state index in [1.54, 1.807) is 0 Å². The predicted molar refractivity (Wildman–Crippen MR) is 48.6 cm³/mol. The van der Waals surface area contributed by atoms with Gasteiger partial charge >= 0.3 is 12.2 Å². The first-order valence-corrected chi connectivity index (χ1v) is 3.85. The number of alkyl carbamates (subject to hydrolysis) is 2. The highest BCUT2D eigenvalue weighted by molar-refractivity contribution is 5.67. The summed E-state index contributed by atoms with van der Waals surface area (Å²) in [5, 5.41) is 4.52. The molecule has 0 aliphatic rings. The van der Waals surface area contributed by atoms with Crippen LogP contribution in [-0.4, -0.2) is 39.5 Å². The molecular weight excluding hydrogens is 188 g/mol. The summed E-state index contributed by atoms with van der Waals surface area (Å²) in [5.41, 5.74) is 0. The van der Waals surface area contributed by atoms with Gasteiger partial charge in [0.15, 0.2) is 13.2 Å². The average Bonchev–Trinajstić information content (AvgIpc) is 2.22. The van der Waals surface area contributed by atoms with Crippen LogP contribution < -0.4 is 10.6 Å². The lowest BCUT2D eigenvalue weighted by molar-refractivity contribution is 0.159. The number of nitrogens with one attached hydrogen (secondary N) is 2. The third-order valence-electron chi connectivity index (χ3n) is 1.08. The molecule has 78 valence electrons. The molecule has 2 N–H and O–H groups in total. The van der Waals surface area contributed by atoms with Crippen LogP contribution in [0.2, 0.25) is 0 Å². The number of hydrogen-bond acceptors (Lipinski definition) is 4. The summed E-state index contributed by atoms with van der Waals surface area (Å²) in [6.07, 6.45) is -1.10. The molecule has 0 aliphatic heterocycles. The maximum Gasteiger partial charge on any atom is 0.407 e. The molecule has 0 atom stereocenters. The second-order valence-corrected chi connectivity index (χ2v) is 2.01. The van der Waals surface area contributed by atoms with E-state index in [1.165, 1.54) is 14.1 Å². The van der Waals surface area contributed by atoms with Crippen LogP contribution in [-0.2, 0) is 9.47 Å². The van der Waals surface area contributed by atoms with E-state index in [4.69, 9.17) is 0 Å². The van der Waals surface area contributed by atoms with Gasteiger partial charge in [0.1, 0.15) is 0 Å². The van der Waals surface area contributed by atoms with Crippen LogP contribution in [0.1, 0.15) is 0 Å². The summed E-state index contributed by atoms with van der Waals surface area (Å²) in [4.78, 5) is 21.0. The maximum absolute atomic E-state index is 10.5. The van der Waals surface area contributed by atoms with E-state index in [0.717, 1.165) is 0 Å². The van der Waals surface area contributed by atoms with Gasteiger partial charge in [-0.2, -0.15) is 0 Å². The van der Waals surface area contributed by atoms with Crippen molar-refractivity contribution < 1.29 is 19.1 Å². The Morgan fingerprint density at radius 1 is 1.00 bits per heavy atom. The zero-order valence-electron chi connectivity index (χ0n) is 8.05. The third-order valence-corrected chi connectivity index (χ3v) is 1.08.